The van der Waals surface area contributed by atoms with Crippen LogP contribution in [-0.4, -0.2) is 35.0 Å². The van der Waals surface area contributed by atoms with E-state index in [4.69, 9.17) is 4.74 Å². The van der Waals surface area contributed by atoms with Crippen LogP contribution in [0.5, 0.6) is 5.75 Å². The summed E-state index contributed by atoms with van der Waals surface area (Å²) in [6.07, 6.45) is 2.07. The molecule has 1 aromatic heterocycles. The molecule has 2 rings (SSSR count). The molecule has 0 aliphatic carbocycles. The zero-order valence-electron chi connectivity index (χ0n) is 14.7. The third-order valence-corrected chi connectivity index (χ3v) is 6.63. The van der Waals surface area contributed by atoms with Gasteiger partial charge in [-0.3, -0.25) is 4.79 Å². The van der Waals surface area contributed by atoms with Crippen LogP contribution in [0.15, 0.2) is 32.9 Å². The molecule has 25 heavy (non-hydrogen) atoms. The molecular weight excluding hydrogens is 374 g/mol. The molecule has 0 saturated heterocycles. The van der Waals surface area contributed by atoms with E-state index in [0.717, 1.165) is 33.0 Å². The summed E-state index contributed by atoms with van der Waals surface area (Å²) >= 11 is 4.62. The Balaban J connectivity index is 1.74. The Labute approximate surface area is 161 Å². The topological polar surface area (TPSA) is 64.1 Å². The lowest BCUT2D eigenvalue weighted by atomic mass is 10.2. The Morgan fingerprint density at radius 1 is 1.24 bits per heavy atom. The van der Waals surface area contributed by atoms with E-state index in [9.17, 15) is 4.79 Å². The van der Waals surface area contributed by atoms with Crippen molar-refractivity contribution in [1.82, 2.24) is 15.5 Å². The van der Waals surface area contributed by atoms with Crippen molar-refractivity contribution >= 4 is 40.8 Å². The number of hydrogen-bond acceptors (Lipinski definition) is 7. The van der Waals surface area contributed by atoms with Crippen LogP contribution in [-0.2, 0) is 10.5 Å². The molecule has 0 aliphatic heterocycles. The number of ether oxygens (including phenoxy) is 1. The van der Waals surface area contributed by atoms with Crippen molar-refractivity contribution in [3.05, 3.63) is 29.8 Å². The molecule has 0 bridgehead atoms. The lowest BCUT2D eigenvalue weighted by molar-refractivity contribution is -0.119. The predicted octanol–water partition coefficient (Wildman–Crippen LogP) is 4.24. The number of methoxy groups -OCH3 is 1. The SMILES string of the molecule is CCC[C@H](C)NC(=O)CSc1nnc(SCc2ccc(OC)cc2)s1. The van der Waals surface area contributed by atoms with Crippen LogP contribution < -0.4 is 10.1 Å². The van der Waals surface area contributed by atoms with Gasteiger partial charge >= 0.3 is 0 Å². The minimum Gasteiger partial charge on any atom is -0.497 e. The number of benzene rings is 1. The second-order valence-corrected chi connectivity index (χ2v) is 8.94. The summed E-state index contributed by atoms with van der Waals surface area (Å²) < 4.78 is 6.90. The van der Waals surface area contributed by atoms with E-state index in [-0.39, 0.29) is 11.9 Å². The van der Waals surface area contributed by atoms with Gasteiger partial charge in [-0.15, -0.1) is 10.2 Å². The number of rotatable bonds is 10. The van der Waals surface area contributed by atoms with Crippen molar-refractivity contribution in [1.29, 1.82) is 0 Å². The quantitative estimate of drug-likeness (QED) is 0.605. The first-order valence-corrected chi connectivity index (χ1v) is 10.9. The molecule has 136 valence electrons. The Kier molecular flexibility index (Phi) is 8.57. The summed E-state index contributed by atoms with van der Waals surface area (Å²) in [5.74, 6) is 2.12. The largest absolute Gasteiger partial charge is 0.497 e. The normalized spacial score (nSPS) is 12.0. The zero-order chi connectivity index (χ0) is 18.1. The number of nitrogens with one attached hydrogen (secondary N) is 1. The van der Waals surface area contributed by atoms with Crippen LogP contribution in [0, 0.1) is 0 Å². The molecule has 5 nitrogen and oxygen atoms in total. The number of carbonyl (C=O) groups excluding carboxylic acids is 1. The summed E-state index contributed by atoms with van der Waals surface area (Å²) in [4.78, 5) is 11.9. The van der Waals surface area contributed by atoms with Gasteiger partial charge in [-0.2, -0.15) is 0 Å². The zero-order valence-corrected chi connectivity index (χ0v) is 17.1. The minimum absolute atomic E-state index is 0.0496. The highest BCUT2D eigenvalue weighted by Gasteiger charge is 2.10. The number of carbonyl (C=O) groups is 1. The summed E-state index contributed by atoms with van der Waals surface area (Å²) in [7, 11) is 1.66. The van der Waals surface area contributed by atoms with E-state index in [1.54, 1.807) is 18.9 Å². The maximum Gasteiger partial charge on any atom is 0.230 e. The van der Waals surface area contributed by atoms with Crippen LogP contribution >= 0.6 is 34.9 Å². The van der Waals surface area contributed by atoms with E-state index in [1.807, 2.05) is 31.2 Å². The first-order valence-electron chi connectivity index (χ1n) is 8.12. The van der Waals surface area contributed by atoms with Crippen molar-refractivity contribution in [2.75, 3.05) is 12.9 Å². The molecule has 0 fully saturated rings. The summed E-state index contributed by atoms with van der Waals surface area (Å²) in [6.45, 7) is 4.15. The molecule has 1 aromatic carbocycles. The van der Waals surface area contributed by atoms with Gasteiger partial charge in [0.25, 0.3) is 0 Å². The van der Waals surface area contributed by atoms with Crippen LogP contribution in [0.2, 0.25) is 0 Å². The molecule has 0 saturated carbocycles. The van der Waals surface area contributed by atoms with Crippen molar-refractivity contribution in [2.24, 2.45) is 0 Å². The van der Waals surface area contributed by atoms with Crippen LogP contribution in [0.25, 0.3) is 0 Å². The van der Waals surface area contributed by atoms with Crippen molar-refractivity contribution in [3.8, 4) is 5.75 Å². The van der Waals surface area contributed by atoms with E-state index >= 15 is 0 Å². The second kappa shape index (κ2) is 10.7. The third kappa shape index (κ3) is 7.25. The van der Waals surface area contributed by atoms with E-state index in [0.29, 0.717) is 5.75 Å². The molecule has 8 heteroatoms. The molecule has 0 spiro atoms. The van der Waals surface area contributed by atoms with Gasteiger partial charge in [-0.25, -0.2) is 0 Å². The predicted molar refractivity (Wildman–Crippen MR) is 106 cm³/mol. The molecule has 1 amide bonds. The monoisotopic (exact) mass is 397 g/mol. The Morgan fingerprint density at radius 3 is 2.56 bits per heavy atom. The van der Waals surface area contributed by atoms with Crippen LogP contribution in [0.4, 0.5) is 0 Å². The average molecular weight is 398 g/mol. The first kappa shape index (κ1) is 20.1. The van der Waals surface area contributed by atoms with Crippen molar-refractivity contribution in [3.63, 3.8) is 0 Å². The molecule has 0 unspecified atom stereocenters. The molecule has 1 atom stereocenters. The van der Waals surface area contributed by atoms with Gasteiger partial charge in [0.15, 0.2) is 8.68 Å². The van der Waals surface area contributed by atoms with Gasteiger partial charge < -0.3 is 10.1 Å². The maximum absolute atomic E-state index is 11.9. The van der Waals surface area contributed by atoms with E-state index in [2.05, 4.69) is 22.4 Å². The maximum atomic E-state index is 11.9. The van der Waals surface area contributed by atoms with Gasteiger partial charge in [-0.1, -0.05) is 60.3 Å². The standard InChI is InChI=1S/C17H23N3O2S3/c1-4-5-12(2)18-15(21)11-24-17-20-19-16(25-17)23-10-13-6-8-14(22-3)9-7-13/h6-9,12H,4-5,10-11H2,1-3H3,(H,18,21)/t12-/m0/s1. The Hall–Kier alpha value is -1.25. The van der Waals surface area contributed by atoms with Crippen molar-refractivity contribution in [2.45, 2.75) is 47.2 Å². The number of thioether (sulfide) groups is 2. The number of hydrogen-bond donors (Lipinski definition) is 1. The fraction of sp³-hybridized carbons (Fsp3) is 0.471. The van der Waals surface area contributed by atoms with E-state index < -0.39 is 0 Å². The highest BCUT2D eigenvalue weighted by atomic mass is 32.2. The van der Waals surface area contributed by atoms with Gasteiger partial charge in [0.2, 0.25) is 5.91 Å². The fourth-order valence-electron chi connectivity index (χ4n) is 2.13. The summed E-state index contributed by atoms with van der Waals surface area (Å²) in [6, 6.07) is 8.22. The molecule has 2 aromatic rings. The van der Waals surface area contributed by atoms with E-state index in [1.165, 1.54) is 28.7 Å². The smallest absolute Gasteiger partial charge is 0.230 e. The van der Waals surface area contributed by atoms with Crippen LogP contribution in [0.1, 0.15) is 32.3 Å². The fourth-order valence-corrected chi connectivity index (χ4v) is 4.92. The van der Waals surface area contributed by atoms with Gasteiger partial charge in [0.05, 0.1) is 12.9 Å². The van der Waals surface area contributed by atoms with Gasteiger partial charge in [0.1, 0.15) is 5.75 Å². The second-order valence-electron chi connectivity index (χ2n) is 5.52. The van der Waals surface area contributed by atoms with Gasteiger partial charge in [-0.05, 0) is 31.0 Å². The highest BCUT2D eigenvalue weighted by molar-refractivity contribution is 8.03. The molecular formula is C17H23N3O2S3. The lowest BCUT2D eigenvalue weighted by Crippen LogP contribution is -2.33. The summed E-state index contributed by atoms with van der Waals surface area (Å²) in [5.41, 5.74) is 1.21. The molecule has 0 aliphatic rings. The number of nitrogens with zero attached hydrogens (tertiary/aromatic N) is 2. The number of amides is 1. The molecule has 1 heterocycles. The Bertz CT molecular complexity index is 661. The number of aromatic nitrogens is 2. The minimum atomic E-state index is 0.0496. The Morgan fingerprint density at radius 2 is 1.92 bits per heavy atom. The van der Waals surface area contributed by atoms with Crippen LogP contribution in [0.3, 0.4) is 0 Å². The third-order valence-electron chi connectivity index (χ3n) is 3.37. The highest BCUT2D eigenvalue weighted by Crippen LogP contribution is 2.30. The lowest BCUT2D eigenvalue weighted by Gasteiger charge is -2.11. The van der Waals surface area contributed by atoms with Gasteiger partial charge in [0, 0.05) is 11.8 Å². The molecule has 0 radical (unpaired) electrons. The molecule has 1 N–H and O–H groups in total. The summed E-state index contributed by atoms with van der Waals surface area (Å²) in [5, 5.41) is 11.3. The first-order chi connectivity index (χ1) is 12.1. The van der Waals surface area contributed by atoms with Crippen molar-refractivity contribution < 1.29 is 9.53 Å². The average Bonchev–Trinajstić information content (AvgIpc) is 3.07.